The normalized spacial score (nSPS) is 19.4. The first-order valence-corrected chi connectivity index (χ1v) is 6.69. The number of piperazine rings is 1. The standard InChI is InChI=1S/C15H18N4/c1-2-4-13(5-3-1)8-14-11-19(7-6-18-14)15-9-16-12-17-10-15/h1-5,9-10,12,14,18H,6-8,11H2. The van der Waals surface area contributed by atoms with Crippen molar-refractivity contribution >= 4 is 5.69 Å². The van der Waals surface area contributed by atoms with Crippen LogP contribution in [0.1, 0.15) is 5.56 Å². The Labute approximate surface area is 113 Å². The monoisotopic (exact) mass is 254 g/mol. The van der Waals surface area contributed by atoms with Crippen molar-refractivity contribution in [3.05, 3.63) is 54.6 Å². The van der Waals surface area contributed by atoms with E-state index >= 15 is 0 Å². The van der Waals surface area contributed by atoms with Crippen LogP contribution >= 0.6 is 0 Å². The van der Waals surface area contributed by atoms with Gasteiger partial charge in [-0.2, -0.15) is 0 Å². The molecule has 0 saturated carbocycles. The van der Waals surface area contributed by atoms with Gasteiger partial charge >= 0.3 is 0 Å². The maximum Gasteiger partial charge on any atom is 0.115 e. The van der Waals surface area contributed by atoms with Crippen LogP contribution in [0.15, 0.2) is 49.1 Å². The number of benzene rings is 1. The van der Waals surface area contributed by atoms with E-state index in [1.54, 1.807) is 6.33 Å². The van der Waals surface area contributed by atoms with Gasteiger partial charge in [0.2, 0.25) is 0 Å². The maximum atomic E-state index is 4.10. The molecule has 1 aromatic heterocycles. The minimum atomic E-state index is 0.483. The van der Waals surface area contributed by atoms with Crippen molar-refractivity contribution in [2.45, 2.75) is 12.5 Å². The van der Waals surface area contributed by atoms with Crippen LogP contribution in [0.4, 0.5) is 5.69 Å². The van der Waals surface area contributed by atoms with Crippen molar-refractivity contribution in [1.82, 2.24) is 15.3 Å². The molecule has 1 unspecified atom stereocenters. The third-order valence-corrected chi connectivity index (χ3v) is 3.49. The first-order valence-electron chi connectivity index (χ1n) is 6.69. The van der Waals surface area contributed by atoms with Crippen LogP contribution in [0.2, 0.25) is 0 Å². The molecule has 0 bridgehead atoms. The summed E-state index contributed by atoms with van der Waals surface area (Å²) in [5, 5.41) is 3.58. The summed E-state index contributed by atoms with van der Waals surface area (Å²) < 4.78 is 0. The van der Waals surface area contributed by atoms with E-state index in [-0.39, 0.29) is 0 Å². The Hall–Kier alpha value is -1.94. The Morgan fingerprint density at radius 1 is 1.16 bits per heavy atom. The van der Waals surface area contributed by atoms with Crippen molar-refractivity contribution in [1.29, 1.82) is 0 Å². The van der Waals surface area contributed by atoms with Crippen LogP contribution in [0.25, 0.3) is 0 Å². The highest BCUT2D eigenvalue weighted by molar-refractivity contribution is 5.42. The minimum Gasteiger partial charge on any atom is -0.366 e. The first-order chi connectivity index (χ1) is 9.42. The van der Waals surface area contributed by atoms with Crippen LogP contribution in [0.5, 0.6) is 0 Å². The highest BCUT2D eigenvalue weighted by Crippen LogP contribution is 2.14. The van der Waals surface area contributed by atoms with E-state index in [1.807, 2.05) is 12.4 Å². The lowest BCUT2D eigenvalue weighted by Gasteiger charge is -2.35. The van der Waals surface area contributed by atoms with E-state index < -0.39 is 0 Å². The number of hydrogen-bond donors (Lipinski definition) is 1. The van der Waals surface area contributed by atoms with Gasteiger partial charge in [-0.1, -0.05) is 30.3 Å². The fourth-order valence-electron chi connectivity index (χ4n) is 2.55. The second-order valence-corrected chi connectivity index (χ2v) is 4.88. The van der Waals surface area contributed by atoms with Gasteiger partial charge in [0, 0.05) is 25.7 Å². The van der Waals surface area contributed by atoms with Gasteiger partial charge in [-0.05, 0) is 12.0 Å². The predicted octanol–water partition coefficient (Wildman–Crippen LogP) is 1.50. The molecule has 0 aliphatic carbocycles. The number of aromatic nitrogens is 2. The molecule has 3 rings (SSSR count). The summed E-state index contributed by atoms with van der Waals surface area (Å²) in [5.74, 6) is 0. The van der Waals surface area contributed by atoms with Crippen molar-refractivity contribution in [3.8, 4) is 0 Å². The molecule has 1 N–H and O–H groups in total. The second-order valence-electron chi connectivity index (χ2n) is 4.88. The zero-order valence-corrected chi connectivity index (χ0v) is 10.9. The lowest BCUT2D eigenvalue weighted by atomic mass is 10.0. The van der Waals surface area contributed by atoms with Crippen LogP contribution in [-0.2, 0) is 6.42 Å². The van der Waals surface area contributed by atoms with Crippen LogP contribution in [0.3, 0.4) is 0 Å². The molecule has 0 amide bonds. The van der Waals surface area contributed by atoms with E-state index in [9.17, 15) is 0 Å². The molecular formula is C15H18N4. The Bertz CT molecular complexity index is 500. The van der Waals surface area contributed by atoms with E-state index in [0.29, 0.717) is 6.04 Å². The lowest BCUT2D eigenvalue weighted by Crippen LogP contribution is -2.51. The number of hydrogen-bond acceptors (Lipinski definition) is 4. The molecule has 1 saturated heterocycles. The van der Waals surface area contributed by atoms with Gasteiger partial charge in [0.05, 0.1) is 18.1 Å². The zero-order valence-electron chi connectivity index (χ0n) is 10.9. The van der Waals surface area contributed by atoms with Crippen LogP contribution in [0, 0.1) is 0 Å². The predicted molar refractivity (Wildman–Crippen MR) is 76.2 cm³/mol. The molecule has 0 spiro atoms. The first kappa shape index (κ1) is 12.1. The largest absolute Gasteiger partial charge is 0.366 e. The summed E-state index contributed by atoms with van der Waals surface area (Å²) in [6.45, 7) is 3.02. The van der Waals surface area contributed by atoms with Gasteiger partial charge in [0.25, 0.3) is 0 Å². The van der Waals surface area contributed by atoms with E-state index in [0.717, 1.165) is 31.7 Å². The van der Waals surface area contributed by atoms with Crippen molar-refractivity contribution < 1.29 is 0 Å². The van der Waals surface area contributed by atoms with Crippen LogP contribution in [-0.4, -0.2) is 35.6 Å². The average molecular weight is 254 g/mol. The van der Waals surface area contributed by atoms with Crippen molar-refractivity contribution in [2.24, 2.45) is 0 Å². The van der Waals surface area contributed by atoms with E-state index in [1.165, 1.54) is 5.56 Å². The van der Waals surface area contributed by atoms with Gasteiger partial charge in [-0.3, -0.25) is 0 Å². The minimum absolute atomic E-state index is 0.483. The molecule has 2 heterocycles. The van der Waals surface area contributed by atoms with Gasteiger partial charge in [0.1, 0.15) is 6.33 Å². The highest BCUT2D eigenvalue weighted by Gasteiger charge is 2.19. The summed E-state index contributed by atoms with van der Waals surface area (Å²) >= 11 is 0. The van der Waals surface area contributed by atoms with Crippen molar-refractivity contribution in [2.75, 3.05) is 24.5 Å². The number of rotatable bonds is 3. The molecule has 1 fully saturated rings. The summed E-state index contributed by atoms with van der Waals surface area (Å²) in [4.78, 5) is 10.5. The highest BCUT2D eigenvalue weighted by atomic mass is 15.2. The molecule has 1 atom stereocenters. The number of anilines is 1. The van der Waals surface area contributed by atoms with Gasteiger partial charge < -0.3 is 10.2 Å². The number of nitrogens with one attached hydrogen (secondary N) is 1. The summed E-state index contributed by atoms with van der Waals surface area (Å²) in [6, 6.07) is 11.1. The van der Waals surface area contributed by atoms with Gasteiger partial charge in [-0.25, -0.2) is 9.97 Å². The molecule has 4 nitrogen and oxygen atoms in total. The topological polar surface area (TPSA) is 41.1 Å². The van der Waals surface area contributed by atoms with Crippen LogP contribution < -0.4 is 10.2 Å². The Kier molecular flexibility index (Phi) is 3.70. The average Bonchev–Trinajstić information content (AvgIpc) is 2.49. The van der Waals surface area contributed by atoms with Crippen molar-refractivity contribution in [3.63, 3.8) is 0 Å². The quantitative estimate of drug-likeness (QED) is 0.901. The molecular weight excluding hydrogens is 236 g/mol. The molecule has 4 heteroatoms. The fraction of sp³-hybridized carbons (Fsp3) is 0.333. The Morgan fingerprint density at radius 2 is 1.95 bits per heavy atom. The fourth-order valence-corrected chi connectivity index (χ4v) is 2.55. The summed E-state index contributed by atoms with van der Waals surface area (Å²) in [5.41, 5.74) is 2.49. The van der Waals surface area contributed by atoms with E-state index in [2.05, 4.69) is 50.5 Å². The Morgan fingerprint density at radius 3 is 2.74 bits per heavy atom. The Balaban J connectivity index is 1.65. The molecule has 1 aliphatic heterocycles. The smallest absolute Gasteiger partial charge is 0.115 e. The molecule has 2 aromatic rings. The van der Waals surface area contributed by atoms with E-state index in [4.69, 9.17) is 0 Å². The van der Waals surface area contributed by atoms with Gasteiger partial charge in [0.15, 0.2) is 0 Å². The third-order valence-electron chi connectivity index (χ3n) is 3.49. The molecule has 0 radical (unpaired) electrons. The summed E-state index contributed by atoms with van der Waals surface area (Å²) in [6.07, 6.45) is 6.41. The molecule has 98 valence electrons. The maximum absolute atomic E-state index is 4.10. The molecule has 1 aliphatic rings. The zero-order chi connectivity index (χ0) is 12.9. The van der Waals surface area contributed by atoms with Gasteiger partial charge in [-0.15, -0.1) is 0 Å². The lowest BCUT2D eigenvalue weighted by molar-refractivity contribution is 0.454. The molecule has 19 heavy (non-hydrogen) atoms. The number of nitrogens with zero attached hydrogens (tertiary/aromatic N) is 3. The second kappa shape index (κ2) is 5.80. The third kappa shape index (κ3) is 3.09. The summed E-state index contributed by atoms with van der Waals surface area (Å²) in [7, 11) is 0. The molecule has 1 aromatic carbocycles. The SMILES string of the molecule is c1ccc(CC2CN(c3cncnc3)CCN2)cc1.